The molecule has 7 nitrogen and oxygen atoms in total. The van der Waals surface area contributed by atoms with E-state index in [4.69, 9.17) is 17.3 Å². The molecule has 1 aromatic carbocycles. The zero-order valence-electron chi connectivity index (χ0n) is 12.1. The van der Waals surface area contributed by atoms with Crippen LogP contribution in [0.4, 0.5) is 5.69 Å². The predicted octanol–water partition coefficient (Wildman–Crippen LogP) is 1.85. The Labute approximate surface area is 134 Å². The highest BCUT2D eigenvalue weighted by Crippen LogP contribution is 2.32. The van der Waals surface area contributed by atoms with Gasteiger partial charge in [-0.2, -0.15) is 4.31 Å². The third-order valence-corrected chi connectivity index (χ3v) is 6.26. The summed E-state index contributed by atoms with van der Waals surface area (Å²) in [4.78, 5) is 10.1. The lowest BCUT2D eigenvalue weighted by Gasteiger charge is -2.35. The van der Waals surface area contributed by atoms with Crippen molar-refractivity contribution in [2.24, 2.45) is 17.6 Å². The van der Waals surface area contributed by atoms with Crippen LogP contribution in [0.15, 0.2) is 23.1 Å². The molecule has 2 rings (SSSR count). The van der Waals surface area contributed by atoms with Crippen LogP contribution in [0.1, 0.15) is 13.3 Å². The van der Waals surface area contributed by atoms with Gasteiger partial charge in [-0.25, -0.2) is 8.42 Å². The van der Waals surface area contributed by atoms with Gasteiger partial charge >= 0.3 is 0 Å². The standard InChI is InChI=1S/C13H18ClN3O4S/c1-9-4-5-16(8-10(9)7-15)22(20,21)13-3-2-11(14)6-12(13)17(18)19/h2-3,6,9-10H,4-5,7-8,15H2,1H3. The van der Waals surface area contributed by atoms with E-state index in [2.05, 4.69) is 0 Å². The topological polar surface area (TPSA) is 107 Å². The number of piperidine rings is 1. The van der Waals surface area contributed by atoms with Gasteiger partial charge in [0.1, 0.15) is 0 Å². The highest BCUT2D eigenvalue weighted by molar-refractivity contribution is 7.89. The normalized spacial score (nSPS) is 23.4. The molecule has 0 saturated carbocycles. The van der Waals surface area contributed by atoms with Gasteiger partial charge in [0.2, 0.25) is 10.0 Å². The van der Waals surface area contributed by atoms with Crippen LogP contribution in [-0.2, 0) is 10.0 Å². The minimum Gasteiger partial charge on any atom is -0.330 e. The Hall–Kier alpha value is -1.22. The Bertz CT molecular complexity index is 680. The maximum absolute atomic E-state index is 12.7. The summed E-state index contributed by atoms with van der Waals surface area (Å²) in [7, 11) is -3.94. The summed E-state index contributed by atoms with van der Waals surface area (Å²) in [6.07, 6.45) is 0.683. The maximum Gasteiger partial charge on any atom is 0.290 e. The predicted molar refractivity (Wildman–Crippen MR) is 83.2 cm³/mol. The van der Waals surface area contributed by atoms with Gasteiger partial charge in [-0.05, 0) is 36.9 Å². The van der Waals surface area contributed by atoms with Crippen LogP contribution in [0.2, 0.25) is 5.02 Å². The SMILES string of the molecule is CC1CCN(S(=O)(=O)c2ccc(Cl)cc2[N+](=O)[O-])CC1CN. The van der Waals surface area contributed by atoms with Crippen molar-refractivity contribution in [2.45, 2.75) is 18.2 Å². The van der Waals surface area contributed by atoms with Crippen LogP contribution >= 0.6 is 11.6 Å². The molecule has 1 aliphatic heterocycles. The van der Waals surface area contributed by atoms with Gasteiger partial charge in [0.15, 0.2) is 4.90 Å². The van der Waals surface area contributed by atoms with E-state index in [9.17, 15) is 18.5 Å². The molecule has 2 N–H and O–H groups in total. The van der Waals surface area contributed by atoms with E-state index in [1.54, 1.807) is 0 Å². The van der Waals surface area contributed by atoms with Crippen LogP contribution in [0.5, 0.6) is 0 Å². The van der Waals surface area contributed by atoms with Crippen LogP contribution < -0.4 is 5.73 Å². The van der Waals surface area contributed by atoms with Crippen LogP contribution in [-0.4, -0.2) is 37.3 Å². The number of hydrogen-bond acceptors (Lipinski definition) is 5. The summed E-state index contributed by atoms with van der Waals surface area (Å²) in [6.45, 7) is 3.03. The first-order valence-electron chi connectivity index (χ1n) is 6.91. The van der Waals surface area contributed by atoms with Crippen molar-refractivity contribution >= 4 is 27.3 Å². The van der Waals surface area contributed by atoms with Crippen molar-refractivity contribution < 1.29 is 13.3 Å². The summed E-state index contributed by atoms with van der Waals surface area (Å²) in [5.41, 5.74) is 5.18. The second-order valence-electron chi connectivity index (χ2n) is 5.49. The Balaban J connectivity index is 2.41. The van der Waals surface area contributed by atoms with Gasteiger partial charge in [0, 0.05) is 24.2 Å². The lowest BCUT2D eigenvalue weighted by atomic mass is 9.88. The van der Waals surface area contributed by atoms with Crippen molar-refractivity contribution in [3.8, 4) is 0 Å². The fourth-order valence-electron chi connectivity index (χ4n) is 2.63. The fourth-order valence-corrected chi connectivity index (χ4v) is 4.45. The number of nitro groups is 1. The number of nitrogens with zero attached hydrogens (tertiary/aromatic N) is 2. The monoisotopic (exact) mass is 347 g/mol. The third kappa shape index (κ3) is 3.24. The minimum atomic E-state index is -3.94. The highest BCUT2D eigenvalue weighted by Gasteiger charge is 2.36. The average Bonchev–Trinajstić information content (AvgIpc) is 2.47. The van der Waals surface area contributed by atoms with Gasteiger partial charge in [0.05, 0.1) is 4.92 Å². The Morgan fingerprint density at radius 1 is 1.50 bits per heavy atom. The maximum atomic E-state index is 12.7. The Morgan fingerprint density at radius 2 is 2.18 bits per heavy atom. The van der Waals surface area contributed by atoms with Crippen LogP contribution in [0.25, 0.3) is 0 Å². The van der Waals surface area contributed by atoms with E-state index >= 15 is 0 Å². The summed E-state index contributed by atoms with van der Waals surface area (Å²) in [6, 6.07) is 3.58. The molecule has 1 aliphatic rings. The molecule has 0 bridgehead atoms. The third-order valence-electron chi connectivity index (χ3n) is 4.11. The molecule has 0 aromatic heterocycles. The second kappa shape index (κ2) is 6.49. The molecule has 1 saturated heterocycles. The number of benzene rings is 1. The molecule has 0 radical (unpaired) electrons. The van der Waals surface area contributed by atoms with Gasteiger partial charge in [0.25, 0.3) is 5.69 Å². The lowest BCUT2D eigenvalue weighted by Crippen LogP contribution is -2.45. The van der Waals surface area contributed by atoms with Crippen LogP contribution in [0.3, 0.4) is 0 Å². The molecule has 0 spiro atoms. The molecule has 1 heterocycles. The summed E-state index contributed by atoms with van der Waals surface area (Å²) < 4.78 is 26.7. The molecule has 0 aliphatic carbocycles. The number of nitro benzene ring substituents is 1. The molecular formula is C13H18ClN3O4S. The van der Waals surface area contributed by atoms with E-state index < -0.39 is 20.6 Å². The van der Waals surface area contributed by atoms with E-state index in [0.717, 1.165) is 6.07 Å². The van der Waals surface area contributed by atoms with E-state index in [-0.39, 0.29) is 22.4 Å². The first-order valence-corrected chi connectivity index (χ1v) is 8.73. The first-order chi connectivity index (χ1) is 10.3. The molecule has 1 aromatic rings. The number of rotatable bonds is 4. The Kier molecular flexibility index (Phi) is 5.06. The zero-order valence-corrected chi connectivity index (χ0v) is 13.7. The summed E-state index contributed by atoms with van der Waals surface area (Å²) in [5.74, 6) is 0.381. The molecular weight excluding hydrogens is 330 g/mol. The zero-order chi connectivity index (χ0) is 16.5. The van der Waals surface area contributed by atoms with Crippen molar-refractivity contribution in [3.63, 3.8) is 0 Å². The molecule has 122 valence electrons. The lowest BCUT2D eigenvalue weighted by molar-refractivity contribution is -0.387. The van der Waals surface area contributed by atoms with Gasteiger partial charge in [-0.3, -0.25) is 10.1 Å². The number of sulfonamides is 1. The molecule has 2 atom stereocenters. The highest BCUT2D eigenvalue weighted by atomic mass is 35.5. The van der Waals surface area contributed by atoms with Crippen molar-refractivity contribution in [1.29, 1.82) is 0 Å². The molecule has 22 heavy (non-hydrogen) atoms. The molecule has 1 fully saturated rings. The first kappa shape index (κ1) is 17.1. The van der Waals surface area contributed by atoms with E-state index in [1.807, 2.05) is 6.92 Å². The van der Waals surface area contributed by atoms with Crippen molar-refractivity contribution in [2.75, 3.05) is 19.6 Å². The largest absolute Gasteiger partial charge is 0.330 e. The van der Waals surface area contributed by atoms with Gasteiger partial charge in [-0.1, -0.05) is 18.5 Å². The smallest absolute Gasteiger partial charge is 0.290 e. The molecule has 2 unspecified atom stereocenters. The second-order valence-corrected chi connectivity index (χ2v) is 7.84. The van der Waals surface area contributed by atoms with Crippen LogP contribution in [0, 0.1) is 22.0 Å². The fraction of sp³-hybridized carbons (Fsp3) is 0.538. The van der Waals surface area contributed by atoms with Crippen molar-refractivity contribution in [1.82, 2.24) is 4.31 Å². The summed E-state index contributed by atoms with van der Waals surface area (Å²) in [5, 5.41) is 11.2. The van der Waals surface area contributed by atoms with Crippen molar-refractivity contribution in [3.05, 3.63) is 33.3 Å². The minimum absolute atomic E-state index is 0.0508. The summed E-state index contributed by atoms with van der Waals surface area (Å²) >= 11 is 5.73. The quantitative estimate of drug-likeness (QED) is 0.660. The van der Waals surface area contributed by atoms with Gasteiger partial charge in [-0.15, -0.1) is 0 Å². The van der Waals surface area contributed by atoms with E-state index in [1.165, 1.54) is 16.4 Å². The number of halogens is 1. The molecule has 0 amide bonds. The number of nitrogens with two attached hydrogens (primary N) is 1. The molecule has 9 heteroatoms. The Morgan fingerprint density at radius 3 is 2.77 bits per heavy atom. The number of hydrogen-bond donors (Lipinski definition) is 1. The average molecular weight is 348 g/mol. The van der Waals surface area contributed by atoms with Gasteiger partial charge < -0.3 is 5.73 Å². The van der Waals surface area contributed by atoms with E-state index in [0.29, 0.717) is 25.4 Å².